The Morgan fingerprint density at radius 2 is 1.72 bits per heavy atom. The van der Waals surface area contributed by atoms with E-state index in [1.807, 2.05) is 0 Å². The molecule has 0 bridgehead atoms. The lowest BCUT2D eigenvalue weighted by atomic mass is 10.2. The fourth-order valence-corrected chi connectivity index (χ4v) is 2.98. The number of carbonyl (C=O) groups excluding carboxylic acids is 1. The third-order valence-corrected chi connectivity index (χ3v) is 4.47. The number of anilines is 1. The number of rotatable bonds is 6. The quantitative estimate of drug-likeness (QED) is 0.661. The van der Waals surface area contributed by atoms with E-state index in [1.165, 1.54) is 14.2 Å². The van der Waals surface area contributed by atoms with Crippen LogP contribution in [0.25, 0.3) is 0 Å². The topological polar surface area (TPSA) is 56.8 Å². The molecule has 0 aliphatic carbocycles. The van der Waals surface area contributed by atoms with Gasteiger partial charge in [0.05, 0.1) is 29.4 Å². The number of benzene rings is 2. The zero-order valence-electron chi connectivity index (χ0n) is 13.7. The number of hydrogen-bond acceptors (Lipinski definition) is 4. The van der Waals surface area contributed by atoms with Crippen LogP contribution in [-0.2, 0) is 4.79 Å². The Kier molecular flexibility index (Phi) is 6.81. The maximum absolute atomic E-state index is 12.4. The SMILES string of the molecule is COc1cc(Cl)c(NC(=O)C(C)Oc2ccc(Cl)cc2Br)cc1OC. The van der Waals surface area contributed by atoms with Gasteiger partial charge in [0.2, 0.25) is 0 Å². The molecule has 134 valence electrons. The molecule has 0 heterocycles. The fourth-order valence-electron chi connectivity index (χ4n) is 2.00. The lowest BCUT2D eigenvalue weighted by molar-refractivity contribution is -0.122. The van der Waals surface area contributed by atoms with E-state index in [4.69, 9.17) is 37.4 Å². The van der Waals surface area contributed by atoms with Crippen molar-refractivity contribution in [2.45, 2.75) is 13.0 Å². The zero-order chi connectivity index (χ0) is 18.6. The summed E-state index contributed by atoms with van der Waals surface area (Å²) in [7, 11) is 3.01. The minimum atomic E-state index is -0.762. The highest BCUT2D eigenvalue weighted by Crippen LogP contribution is 2.36. The Bertz CT molecular complexity index is 785. The van der Waals surface area contributed by atoms with Gasteiger partial charge in [0.1, 0.15) is 5.75 Å². The maximum atomic E-state index is 12.4. The van der Waals surface area contributed by atoms with E-state index in [0.29, 0.717) is 37.5 Å². The third-order valence-electron chi connectivity index (χ3n) is 3.30. The van der Waals surface area contributed by atoms with Crippen molar-refractivity contribution in [1.29, 1.82) is 0 Å². The van der Waals surface area contributed by atoms with Crippen LogP contribution in [0.2, 0.25) is 10.0 Å². The molecular weight excluding hydrogens is 433 g/mol. The summed E-state index contributed by atoms with van der Waals surface area (Å²) in [6.45, 7) is 1.63. The van der Waals surface area contributed by atoms with Gasteiger partial charge in [0.25, 0.3) is 5.91 Å². The third kappa shape index (κ3) is 4.93. The van der Waals surface area contributed by atoms with Gasteiger partial charge in [-0.05, 0) is 41.1 Å². The Morgan fingerprint density at radius 1 is 1.08 bits per heavy atom. The molecule has 1 amide bonds. The van der Waals surface area contributed by atoms with Crippen molar-refractivity contribution in [3.8, 4) is 17.2 Å². The molecule has 5 nitrogen and oxygen atoms in total. The molecule has 0 radical (unpaired) electrons. The molecule has 2 aromatic rings. The standard InChI is InChI=1S/C17H16BrCl2NO4/c1-9(25-14-5-4-10(19)6-11(14)18)17(22)21-13-8-16(24-3)15(23-2)7-12(13)20/h4-9H,1-3H3,(H,21,22). The molecule has 1 atom stereocenters. The summed E-state index contributed by atoms with van der Waals surface area (Å²) in [4.78, 5) is 12.4. The summed E-state index contributed by atoms with van der Waals surface area (Å²) in [5.74, 6) is 1.07. The van der Waals surface area contributed by atoms with Crippen molar-refractivity contribution in [3.05, 3.63) is 44.8 Å². The van der Waals surface area contributed by atoms with E-state index >= 15 is 0 Å². The molecule has 0 saturated carbocycles. The Labute approximate surface area is 164 Å². The second-order valence-electron chi connectivity index (χ2n) is 5.01. The molecule has 8 heteroatoms. The van der Waals surface area contributed by atoms with Gasteiger partial charge in [-0.2, -0.15) is 0 Å². The van der Waals surface area contributed by atoms with Gasteiger partial charge in [-0.25, -0.2) is 0 Å². The zero-order valence-corrected chi connectivity index (χ0v) is 16.8. The molecule has 2 aromatic carbocycles. The lowest BCUT2D eigenvalue weighted by Gasteiger charge is -2.17. The Balaban J connectivity index is 2.13. The van der Waals surface area contributed by atoms with Gasteiger partial charge in [-0.1, -0.05) is 23.2 Å². The average molecular weight is 449 g/mol. The molecule has 0 spiro atoms. The first kappa shape index (κ1) is 19.7. The molecule has 1 N–H and O–H groups in total. The first-order chi connectivity index (χ1) is 11.8. The number of amides is 1. The highest BCUT2D eigenvalue weighted by Gasteiger charge is 2.19. The monoisotopic (exact) mass is 447 g/mol. The summed E-state index contributed by atoms with van der Waals surface area (Å²) in [6.07, 6.45) is -0.762. The minimum Gasteiger partial charge on any atom is -0.493 e. The number of halogens is 3. The Morgan fingerprint density at radius 3 is 2.32 bits per heavy atom. The van der Waals surface area contributed by atoms with Gasteiger partial charge in [0.15, 0.2) is 17.6 Å². The van der Waals surface area contributed by atoms with Crippen LogP contribution in [0.1, 0.15) is 6.92 Å². The van der Waals surface area contributed by atoms with Crippen LogP contribution >= 0.6 is 39.1 Å². The van der Waals surface area contributed by atoms with Crippen LogP contribution in [0.15, 0.2) is 34.8 Å². The summed E-state index contributed by atoms with van der Waals surface area (Å²) >= 11 is 15.4. The van der Waals surface area contributed by atoms with Crippen LogP contribution < -0.4 is 19.5 Å². The molecule has 0 aliphatic heterocycles. The summed E-state index contributed by atoms with van der Waals surface area (Å²) in [6, 6.07) is 8.20. The van der Waals surface area contributed by atoms with Crippen molar-refractivity contribution in [1.82, 2.24) is 0 Å². The van der Waals surface area contributed by atoms with Crippen LogP contribution in [0, 0.1) is 0 Å². The van der Waals surface area contributed by atoms with Gasteiger partial charge >= 0.3 is 0 Å². The number of carbonyl (C=O) groups is 1. The smallest absolute Gasteiger partial charge is 0.265 e. The van der Waals surface area contributed by atoms with E-state index in [1.54, 1.807) is 37.3 Å². The van der Waals surface area contributed by atoms with Crippen molar-refractivity contribution in [2.75, 3.05) is 19.5 Å². The van der Waals surface area contributed by atoms with Gasteiger partial charge < -0.3 is 19.5 Å². The van der Waals surface area contributed by atoms with Crippen molar-refractivity contribution < 1.29 is 19.0 Å². The predicted molar refractivity (Wildman–Crippen MR) is 102 cm³/mol. The first-order valence-electron chi connectivity index (χ1n) is 7.19. The van der Waals surface area contributed by atoms with E-state index in [-0.39, 0.29) is 5.91 Å². The average Bonchev–Trinajstić information content (AvgIpc) is 2.58. The number of methoxy groups -OCH3 is 2. The van der Waals surface area contributed by atoms with Crippen molar-refractivity contribution >= 4 is 50.7 Å². The largest absolute Gasteiger partial charge is 0.493 e. The van der Waals surface area contributed by atoms with E-state index in [2.05, 4.69) is 21.2 Å². The highest BCUT2D eigenvalue weighted by molar-refractivity contribution is 9.10. The molecule has 0 aromatic heterocycles. The van der Waals surface area contributed by atoms with Crippen LogP contribution in [-0.4, -0.2) is 26.2 Å². The van der Waals surface area contributed by atoms with Crippen molar-refractivity contribution in [3.63, 3.8) is 0 Å². The van der Waals surface area contributed by atoms with E-state index < -0.39 is 6.10 Å². The molecule has 0 fully saturated rings. The lowest BCUT2D eigenvalue weighted by Crippen LogP contribution is -2.30. The predicted octanol–water partition coefficient (Wildman–Crippen LogP) is 5.18. The molecule has 0 saturated heterocycles. The summed E-state index contributed by atoms with van der Waals surface area (Å²) in [5, 5.41) is 3.60. The fraction of sp³-hybridized carbons (Fsp3) is 0.235. The van der Waals surface area contributed by atoms with Crippen LogP contribution in [0.3, 0.4) is 0 Å². The molecule has 0 aliphatic rings. The normalized spacial score (nSPS) is 11.6. The molecular formula is C17H16BrCl2NO4. The summed E-state index contributed by atoms with van der Waals surface area (Å²) < 4.78 is 16.7. The number of hydrogen-bond donors (Lipinski definition) is 1. The van der Waals surface area contributed by atoms with Crippen molar-refractivity contribution in [2.24, 2.45) is 0 Å². The van der Waals surface area contributed by atoms with Gasteiger partial charge in [-0.15, -0.1) is 0 Å². The number of nitrogens with one attached hydrogen (secondary N) is 1. The Hall–Kier alpha value is -1.63. The number of ether oxygens (including phenoxy) is 3. The molecule has 1 unspecified atom stereocenters. The second-order valence-corrected chi connectivity index (χ2v) is 6.71. The molecule has 2 rings (SSSR count). The van der Waals surface area contributed by atoms with Crippen LogP contribution in [0.4, 0.5) is 5.69 Å². The minimum absolute atomic E-state index is 0.325. The van der Waals surface area contributed by atoms with Gasteiger partial charge in [-0.3, -0.25) is 4.79 Å². The molecule has 25 heavy (non-hydrogen) atoms. The second kappa shape index (κ2) is 8.65. The first-order valence-corrected chi connectivity index (χ1v) is 8.74. The van der Waals surface area contributed by atoms with E-state index in [9.17, 15) is 4.79 Å². The van der Waals surface area contributed by atoms with E-state index in [0.717, 1.165) is 0 Å². The van der Waals surface area contributed by atoms with Gasteiger partial charge in [0, 0.05) is 17.2 Å². The maximum Gasteiger partial charge on any atom is 0.265 e. The van der Waals surface area contributed by atoms with Crippen LogP contribution in [0.5, 0.6) is 17.2 Å². The highest BCUT2D eigenvalue weighted by atomic mass is 79.9. The summed E-state index contributed by atoms with van der Waals surface area (Å²) in [5.41, 5.74) is 0.398.